The first-order valence-corrected chi connectivity index (χ1v) is 51.2. The second-order valence-electron chi connectivity index (χ2n) is 41.1. The summed E-state index contributed by atoms with van der Waals surface area (Å²) in [6.07, 6.45) is 0. The third kappa shape index (κ3) is 14.2. The number of fused-ring (bicyclic) bond motifs is 22. The second kappa shape index (κ2) is 34.3. The Hall–Kier alpha value is -18.2. The van der Waals surface area contributed by atoms with Gasteiger partial charge in [0.25, 0.3) is 0 Å². The van der Waals surface area contributed by atoms with E-state index < -0.39 is 0 Å². The number of hydrogen-bond acceptors (Lipinski definition) is 0. The Labute approximate surface area is 849 Å². The normalized spacial score (nSPS) is 12.8. The van der Waals surface area contributed by atoms with Crippen LogP contribution in [0.4, 0.5) is 0 Å². The predicted octanol–water partition coefficient (Wildman–Crippen LogP) is 40.8. The number of benzene rings is 28. The molecule has 0 atom stereocenters. The van der Waals surface area contributed by atoms with Gasteiger partial charge in [-0.05, 0) is 362 Å². The quantitative estimate of drug-likeness (QED) is 0.0998. The van der Waals surface area contributed by atoms with Gasteiger partial charge in [0.15, 0.2) is 0 Å². The van der Waals surface area contributed by atoms with Crippen LogP contribution in [0.15, 0.2) is 522 Å². The predicted molar refractivity (Wildman–Crippen MR) is 628 cm³/mol. The molecule has 0 bridgehead atoms. The summed E-state index contributed by atoms with van der Waals surface area (Å²) in [6, 6.07) is 194. The van der Waals surface area contributed by atoms with Crippen molar-refractivity contribution < 1.29 is 0 Å². The summed E-state index contributed by atoms with van der Waals surface area (Å²) < 4.78 is 0. The van der Waals surface area contributed by atoms with Crippen LogP contribution in [0.2, 0.25) is 0 Å². The molecule has 0 radical (unpaired) electrons. The molecule has 0 spiro atoms. The smallest absolute Gasteiger partial charge is 0.0165 e. The van der Waals surface area contributed by atoms with Crippen molar-refractivity contribution in [2.75, 3.05) is 0 Å². The molecule has 682 valence electrons. The van der Waals surface area contributed by atoms with Crippen LogP contribution in [0.25, 0.3) is 273 Å². The molecule has 0 unspecified atom stereocenters. The molecule has 0 saturated carbocycles. The highest BCUT2D eigenvalue weighted by atomic mass is 14.4. The molecule has 0 fully saturated rings. The van der Waals surface area contributed by atoms with Gasteiger partial charge in [0, 0.05) is 10.8 Å². The summed E-state index contributed by atoms with van der Waals surface area (Å²) in [7, 11) is 0. The van der Waals surface area contributed by atoms with Crippen molar-refractivity contribution in [3.63, 3.8) is 0 Å². The lowest BCUT2D eigenvalue weighted by Gasteiger charge is -2.25. The van der Waals surface area contributed by atoms with Gasteiger partial charge in [0.2, 0.25) is 0 Å². The van der Waals surface area contributed by atoms with Gasteiger partial charge in [-0.1, -0.05) is 483 Å². The van der Waals surface area contributed by atoms with E-state index >= 15 is 0 Å². The van der Waals surface area contributed by atoms with Crippen LogP contribution in [0.3, 0.4) is 0 Å². The molecule has 2 aliphatic rings. The summed E-state index contributed by atoms with van der Waals surface area (Å²) in [5.41, 5.74) is 33.4. The van der Waals surface area contributed by atoms with Crippen LogP contribution >= 0.6 is 0 Å². The van der Waals surface area contributed by atoms with Gasteiger partial charge in [0.1, 0.15) is 0 Å². The molecule has 0 N–H and O–H groups in total. The highest BCUT2D eigenvalue weighted by molar-refractivity contribution is 6.27. The average Bonchev–Trinajstić information content (AvgIpc) is 1.53. The lowest BCUT2D eigenvalue weighted by molar-refractivity contribution is 0.660. The standard InChI is InChI=1S/C55H38.C47H32.C44H28/c1-55(2)51-18-10-9-15-45(51)46-29-28-44(34-52(46)55)54-48-17-8-7-16-47(48)53(38-23-19-37(20-24-38)41-25-21-35-11-3-5-13-39(35)31-41)50-33-43(27-30-49(50)54)42-26-22-36-12-4-6-14-40(36)32-42;1-47(2)43-28-42-41(27-40(43)39-24-23-31-13-7-8-16-36(31)46(39)47)44(34-21-19-29-11-3-5-14-32(29)25-34)37-17-9-10-18-38(37)45(42)35-22-20-30-12-4-6-15-33(30)26-35;1-2-12-31(13-3-1)43-39-16-8-9-17-40(39)44(36-23-24-38-35(27-36)21-19-30-11-6-7-15-37(30)38)41-25-22-34(28-42(41)43)33-20-18-29-10-4-5-14-32(29)26-33/h3-34H,1-2H3;3-28H,1-2H3;1-28H. The fourth-order valence-corrected chi connectivity index (χ4v) is 25.1. The van der Waals surface area contributed by atoms with Gasteiger partial charge in [-0.2, -0.15) is 0 Å². The van der Waals surface area contributed by atoms with Crippen molar-refractivity contribution in [1.29, 1.82) is 0 Å². The lowest BCUT2D eigenvalue weighted by atomic mass is 9.78. The van der Waals surface area contributed by atoms with Crippen molar-refractivity contribution in [3.8, 4) is 122 Å². The SMILES string of the molecule is CC1(C)c2cc3c(-c4ccc5ccccc5c4)c4ccccc4c(-c4ccc5ccccc5c4)c3cc2-c2ccc3ccccc3c21.CC1(C)c2ccccc2-c2ccc(-c3c4ccccc4c(-c4ccc(-c5ccc6ccccc6c5)cc4)c4cc(-c5ccc6ccccc6c5)ccc34)cc21.c1ccc(-c2c3ccccc3c(-c3ccc4c(ccc5ccccc54)c3)c3ccc(-c4ccc5ccccc5c4)cc23)cc1. The Kier molecular flexibility index (Phi) is 20.2. The zero-order chi connectivity index (χ0) is 97.0. The summed E-state index contributed by atoms with van der Waals surface area (Å²) in [5, 5.41) is 35.8. The Morgan fingerprint density at radius 1 is 0.110 bits per heavy atom. The minimum Gasteiger partial charge on any atom is -0.0622 e. The van der Waals surface area contributed by atoms with Crippen LogP contribution in [0.1, 0.15) is 49.9 Å². The molecule has 28 aromatic rings. The van der Waals surface area contributed by atoms with E-state index in [9.17, 15) is 0 Å². The number of hydrogen-bond donors (Lipinski definition) is 0. The molecule has 146 heavy (non-hydrogen) atoms. The molecule has 28 aromatic carbocycles. The second-order valence-corrected chi connectivity index (χ2v) is 41.1. The Balaban J connectivity index is 0.000000107. The first-order valence-electron chi connectivity index (χ1n) is 51.2. The van der Waals surface area contributed by atoms with Gasteiger partial charge in [-0.3, -0.25) is 0 Å². The van der Waals surface area contributed by atoms with Gasteiger partial charge in [0.05, 0.1) is 0 Å². The maximum absolute atomic E-state index is 2.54. The van der Waals surface area contributed by atoms with Crippen molar-refractivity contribution in [3.05, 3.63) is 544 Å². The van der Waals surface area contributed by atoms with Crippen molar-refractivity contribution >= 4 is 151 Å². The highest BCUT2D eigenvalue weighted by Gasteiger charge is 2.39. The third-order valence-corrected chi connectivity index (χ3v) is 32.2. The van der Waals surface area contributed by atoms with E-state index in [2.05, 4.69) is 549 Å². The average molecular weight is 1850 g/mol. The molecule has 0 heterocycles. The van der Waals surface area contributed by atoms with E-state index in [0.717, 1.165) is 0 Å². The van der Waals surface area contributed by atoms with E-state index in [0.29, 0.717) is 0 Å². The first kappa shape index (κ1) is 85.7. The van der Waals surface area contributed by atoms with Gasteiger partial charge in [-0.25, -0.2) is 0 Å². The van der Waals surface area contributed by atoms with Crippen LogP contribution in [0.5, 0.6) is 0 Å². The Morgan fingerprint density at radius 2 is 0.363 bits per heavy atom. The van der Waals surface area contributed by atoms with Crippen LogP contribution < -0.4 is 0 Å². The third-order valence-electron chi connectivity index (χ3n) is 32.2. The van der Waals surface area contributed by atoms with Crippen LogP contribution in [0, 0.1) is 0 Å². The highest BCUT2D eigenvalue weighted by Crippen LogP contribution is 2.58. The first-order chi connectivity index (χ1) is 71.9. The van der Waals surface area contributed by atoms with Crippen LogP contribution in [-0.4, -0.2) is 0 Å². The Bertz CT molecular complexity index is 10300. The summed E-state index contributed by atoms with van der Waals surface area (Å²) in [4.78, 5) is 0. The molecule has 0 aliphatic heterocycles. The van der Waals surface area contributed by atoms with E-state index in [1.807, 2.05) is 0 Å². The maximum Gasteiger partial charge on any atom is 0.0165 e. The van der Waals surface area contributed by atoms with E-state index in [4.69, 9.17) is 0 Å². The summed E-state index contributed by atoms with van der Waals surface area (Å²) >= 11 is 0. The van der Waals surface area contributed by atoms with Crippen molar-refractivity contribution in [1.82, 2.24) is 0 Å². The fraction of sp³-hybridized carbons (Fsp3) is 0.0411. The Morgan fingerprint density at radius 3 is 0.849 bits per heavy atom. The largest absolute Gasteiger partial charge is 0.0622 e. The van der Waals surface area contributed by atoms with Gasteiger partial charge < -0.3 is 0 Å². The van der Waals surface area contributed by atoms with E-state index in [-0.39, 0.29) is 10.8 Å². The lowest BCUT2D eigenvalue weighted by Crippen LogP contribution is -2.15. The topological polar surface area (TPSA) is 0 Å². The van der Waals surface area contributed by atoms with Crippen molar-refractivity contribution in [2.24, 2.45) is 0 Å². The fourth-order valence-electron chi connectivity index (χ4n) is 25.1. The zero-order valence-electron chi connectivity index (χ0n) is 81.7. The molecular formula is C146H98. The molecular weight excluding hydrogens is 1750 g/mol. The minimum absolute atomic E-state index is 0.0798. The number of rotatable bonds is 9. The molecule has 0 saturated heterocycles. The zero-order valence-corrected chi connectivity index (χ0v) is 81.7. The van der Waals surface area contributed by atoms with E-state index in [1.165, 1.54) is 295 Å². The molecule has 2 aliphatic carbocycles. The van der Waals surface area contributed by atoms with Gasteiger partial charge >= 0.3 is 0 Å². The molecule has 0 heteroatoms. The molecule has 0 aromatic heterocycles. The maximum atomic E-state index is 2.54. The molecule has 30 rings (SSSR count). The van der Waals surface area contributed by atoms with Crippen molar-refractivity contribution in [2.45, 2.75) is 38.5 Å². The molecule has 0 amide bonds. The monoisotopic (exact) mass is 1850 g/mol. The van der Waals surface area contributed by atoms with Gasteiger partial charge in [-0.15, -0.1) is 0 Å². The molecule has 0 nitrogen and oxygen atoms in total. The van der Waals surface area contributed by atoms with Crippen LogP contribution in [-0.2, 0) is 10.8 Å². The minimum atomic E-state index is -0.144. The summed E-state index contributed by atoms with van der Waals surface area (Å²) in [6.45, 7) is 9.57. The summed E-state index contributed by atoms with van der Waals surface area (Å²) in [5.74, 6) is 0. The van der Waals surface area contributed by atoms with E-state index in [1.54, 1.807) is 0 Å².